The number of nitrogens with one attached hydrogen (secondary N) is 1. The normalized spacial score (nSPS) is 16.7. The van der Waals surface area contributed by atoms with E-state index in [9.17, 15) is 4.79 Å². The van der Waals surface area contributed by atoms with Gasteiger partial charge >= 0.3 is 0 Å². The van der Waals surface area contributed by atoms with Crippen LogP contribution in [0.2, 0.25) is 0 Å². The number of nitrogen functional groups attached to an aromatic ring is 1. The summed E-state index contributed by atoms with van der Waals surface area (Å²) < 4.78 is 0. The second kappa shape index (κ2) is 6.07. The molecule has 23 heavy (non-hydrogen) atoms. The fourth-order valence-electron chi connectivity index (χ4n) is 3.75. The second-order valence-electron chi connectivity index (χ2n) is 6.65. The third kappa shape index (κ3) is 3.09. The molecule has 3 N–H and O–H groups in total. The van der Waals surface area contributed by atoms with E-state index in [1.54, 1.807) is 0 Å². The zero-order valence-electron chi connectivity index (χ0n) is 14.1. The molecule has 0 aliphatic heterocycles. The van der Waals surface area contributed by atoms with E-state index in [4.69, 9.17) is 5.73 Å². The number of amides is 1. The van der Waals surface area contributed by atoms with Gasteiger partial charge in [0.15, 0.2) is 0 Å². The summed E-state index contributed by atoms with van der Waals surface area (Å²) in [6.45, 7) is 6.07. The third-order valence-corrected chi connectivity index (χ3v) is 4.69. The molecule has 1 aliphatic carbocycles. The summed E-state index contributed by atoms with van der Waals surface area (Å²) in [5.74, 6) is 0.0228. The van der Waals surface area contributed by atoms with Crippen LogP contribution < -0.4 is 11.1 Å². The van der Waals surface area contributed by atoms with Gasteiger partial charge in [0.2, 0.25) is 0 Å². The van der Waals surface area contributed by atoms with Crippen molar-refractivity contribution in [3.63, 3.8) is 0 Å². The van der Waals surface area contributed by atoms with E-state index in [0.717, 1.165) is 41.6 Å². The standard InChI is InChI=1S/C20H24N2O/c1-12-9-13(2)19(14(3)10-12)20(23)22-18-6-4-5-15-11-16(21)7-8-17(15)18/h7-11,18H,4-6,21H2,1-3H3,(H,22,23). The average molecular weight is 308 g/mol. The van der Waals surface area contributed by atoms with Gasteiger partial charge in [0.05, 0.1) is 6.04 Å². The molecule has 0 spiro atoms. The zero-order valence-corrected chi connectivity index (χ0v) is 14.1. The Hall–Kier alpha value is -2.29. The van der Waals surface area contributed by atoms with Crippen LogP contribution in [0, 0.1) is 20.8 Å². The van der Waals surface area contributed by atoms with Crippen molar-refractivity contribution in [2.45, 2.75) is 46.1 Å². The number of anilines is 1. The number of benzene rings is 2. The van der Waals surface area contributed by atoms with Crippen molar-refractivity contribution in [1.29, 1.82) is 0 Å². The topological polar surface area (TPSA) is 55.1 Å². The van der Waals surface area contributed by atoms with Crippen LogP contribution in [0.3, 0.4) is 0 Å². The average Bonchev–Trinajstić information content (AvgIpc) is 2.46. The summed E-state index contributed by atoms with van der Waals surface area (Å²) in [4.78, 5) is 12.8. The minimum Gasteiger partial charge on any atom is -0.399 e. The van der Waals surface area contributed by atoms with Crippen LogP contribution >= 0.6 is 0 Å². The molecular weight excluding hydrogens is 284 g/mol. The maximum Gasteiger partial charge on any atom is 0.252 e. The molecule has 1 amide bonds. The van der Waals surface area contributed by atoms with Gasteiger partial charge in [0.25, 0.3) is 5.91 Å². The van der Waals surface area contributed by atoms with E-state index in [1.807, 2.05) is 26.0 Å². The van der Waals surface area contributed by atoms with Crippen molar-refractivity contribution in [3.05, 3.63) is 63.7 Å². The molecule has 1 aliphatic rings. The van der Waals surface area contributed by atoms with Crippen LogP contribution in [0.15, 0.2) is 30.3 Å². The van der Waals surface area contributed by atoms with Crippen molar-refractivity contribution < 1.29 is 4.79 Å². The zero-order chi connectivity index (χ0) is 16.6. The highest BCUT2D eigenvalue weighted by molar-refractivity contribution is 5.97. The van der Waals surface area contributed by atoms with Crippen LogP contribution in [0.25, 0.3) is 0 Å². The highest BCUT2D eigenvalue weighted by Crippen LogP contribution is 2.31. The summed E-state index contributed by atoms with van der Waals surface area (Å²) in [5.41, 5.74) is 13.2. The smallest absolute Gasteiger partial charge is 0.252 e. The van der Waals surface area contributed by atoms with Gasteiger partial charge in [0.1, 0.15) is 0 Å². The number of carbonyl (C=O) groups is 1. The molecule has 1 unspecified atom stereocenters. The SMILES string of the molecule is Cc1cc(C)c(C(=O)NC2CCCc3cc(N)ccc32)c(C)c1. The van der Waals surface area contributed by atoms with E-state index in [1.165, 1.54) is 16.7 Å². The Bertz CT molecular complexity index is 741. The predicted molar refractivity (Wildman–Crippen MR) is 94.7 cm³/mol. The predicted octanol–water partition coefficient (Wildman–Crippen LogP) is 4.00. The van der Waals surface area contributed by atoms with E-state index in [2.05, 4.69) is 30.4 Å². The molecule has 3 nitrogen and oxygen atoms in total. The first-order valence-corrected chi connectivity index (χ1v) is 8.22. The number of hydrogen-bond donors (Lipinski definition) is 2. The highest BCUT2D eigenvalue weighted by atomic mass is 16.1. The molecule has 120 valence electrons. The van der Waals surface area contributed by atoms with Crippen molar-refractivity contribution in [2.24, 2.45) is 0 Å². The fraction of sp³-hybridized carbons (Fsp3) is 0.350. The summed E-state index contributed by atoms with van der Waals surface area (Å²) >= 11 is 0. The molecular formula is C20H24N2O. The Morgan fingerprint density at radius 2 is 1.83 bits per heavy atom. The fourth-order valence-corrected chi connectivity index (χ4v) is 3.75. The first kappa shape index (κ1) is 15.6. The molecule has 2 aromatic carbocycles. The number of hydrogen-bond acceptors (Lipinski definition) is 2. The van der Waals surface area contributed by atoms with Crippen molar-refractivity contribution in [2.75, 3.05) is 5.73 Å². The third-order valence-electron chi connectivity index (χ3n) is 4.69. The molecule has 0 fully saturated rings. The first-order valence-electron chi connectivity index (χ1n) is 8.22. The Balaban J connectivity index is 1.88. The van der Waals surface area contributed by atoms with Crippen LogP contribution in [-0.2, 0) is 6.42 Å². The Kier molecular flexibility index (Phi) is 4.12. The van der Waals surface area contributed by atoms with Gasteiger partial charge in [-0.25, -0.2) is 0 Å². The van der Waals surface area contributed by atoms with Gasteiger partial charge in [0, 0.05) is 11.3 Å². The lowest BCUT2D eigenvalue weighted by molar-refractivity contribution is 0.0931. The van der Waals surface area contributed by atoms with Crippen LogP contribution in [0.5, 0.6) is 0 Å². The molecule has 3 heteroatoms. The van der Waals surface area contributed by atoms with E-state index < -0.39 is 0 Å². The Labute approximate surface area is 137 Å². The summed E-state index contributed by atoms with van der Waals surface area (Å²) in [7, 11) is 0. The van der Waals surface area contributed by atoms with Gasteiger partial charge in [-0.1, -0.05) is 23.8 Å². The minimum absolute atomic E-state index is 0.0228. The lowest BCUT2D eigenvalue weighted by Crippen LogP contribution is -2.32. The lowest BCUT2D eigenvalue weighted by atomic mass is 9.87. The number of nitrogens with two attached hydrogens (primary N) is 1. The maximum absolute atomic E-state index is 12.8. The van der Waals surface area contributed by atoms with Crippen LogP contribution in [-0.4, -0.2) is 5.91 Å². The Morgan fingerprint density at radius 1 is 1.13 bits per heavy atom. The van der Waals surface area contributed by atoms with E-state index >= 15 is 0 Å². The molecule has 2 aromatic rings. The van der Waals surface area contributed by atoms with Crippen LogP contribution in [0.1, 0.15) is 57.1 Å². The minimum atomic E-state index is 0.0228. The van der Waals surface area contributed by atoms with Gasteiger partial charge in [-0.15, -0.1) is 0 Å². The summed E-state index contributed by atoms with van der Waals surface area (Å²) in [6.07, 6.45) is 3.09. The van der Waals surface area contributed by atoms with Crippen molar-refractivity contribution >= 4 is 11.6 Å². The molecule has 0 saturated carbocycles. The number of rotatable bonds is 2. The monoisotopic (exact) mass is 308 g/mol. The quantitative estimate of drug-likeness (QED) is 0.824. The van der Waals surface area contributed by atoms with Crippen molar-refractivity contribution in [1.82, 2.24) is 5.32 Å². The number of carbonyl (C=O) groups excluding carboxylic acids is 1. The molecule has 0 saturated heterocycles. The molecule has 1 atom stereocenters. The van der Waals surface area contributed by atoms with Crippen LogP contribution in [0.4, 0.5) is 5.69 Å². The first-order chi connectivity index (χ1) is 11.0. The molecule has 0 bridgehead atoms. The maximum atomic E-state index is 12.8. The van der Waals surface area contributed by atoms with Gasteiger partial charge in [-0.3, -0.25) is 4.79 Å². The summed E-state index contributed by atoms with van der Waals surface area (Å²) in [5, 5.41) is 3.23. The lowest BCUT2D eigenvalue weighted by Gasteiger charge is -2.27. The molecule has 0 aromatic heterocycles. The number of aryl methyl sites for hydroxylation is 4. The highest BCUT2D eigenvalue weighted by Gasteiger charge is 2.23. The molecule has 0 radical (unpaired) electrons. The summed E-state index contributed by atoms with van der Waals surface area (Å²) in [6, 6.07) is 10.2. The Morgan fingerprint density at radius 3 is 2.52 bits per heavy atom. The van der Waals surface area contributed by atoms with E-state index in [0.29, 0.717) is 0 Å². The van der Waals surface area contributed by atoms with E-state index in [-0.39, 0.29) is 11.9 Å². The van der Waals surface area contributed by atoms with Crippen molar-refractivity contribution in [3.8, 4) is 0 Å². The largest absolute Gasteiger partial charge is 0.399 e. The number of fused-ring (bicyclic) bond motifs is 1. The molecule has 3 rings (SSSR count). The van der Waals surface area contributed by atoms with Gasteiger partial charge in [-0.05, 0) is 74.4 Å². The second-order valence-corrected chi connectivity index (χ2v) is 6.65. The van der Waals surface area contributed by atoms with Gasteiger partial charge in [-0.2, -0.15) is 0 Å². The van der Waals surface area contributed by atoms with Gasteiger partial charge < -0.3 is 11.1 Å². The molecule has 0 heterocycles.